The van der Waals surface area contributed by atoms with Gasteiger partial charge in [0.15, 0.2) is 5.13 Å². The van der Waals surface area contributed by atoms with E-state index in [1.807, 2.05) is 13.0 Å². The van der Waals surface area contributed by atoms with E-state index in [1.165, 1.54) is 9.77 Å². The minimum Gasteiger partial charge on any atom is -0.375 e. The molecule has 0 aliphatic rings. The number of rotatable bonds is 3. The monoisotopic (exact) mass is 314 g/mol. The van der Waals surface area contributed by atoms with E-state index < -0.39 is 0 Å². The third-order valence-electron chi connectivity index (χ3n) is 2.09. The van der Waals surface area contributed by atoms with Crippen LogP contribution in [0.25, 0.3) is 0 Å². The van der Waals surface area contributed by atoms with Gasteiger partial charge in [-0.1, -0.05) is 45.5 Å². The van der Waals surface area contributed by atoms with Crippen molar-refractivity contribution in [1.29, 1.82) is 0 Å². The maximum Gasteiger partial charge on any atom is 0.181 e. The molecule has 0 atom stereocenters. The highest BCUT2D eigenvalue weighted by molar-refractivity contribution is 9.10. The van der Waals surface area contributed by atoms with Gasteiger partial charge in [0.25, 0.3) is 0 Å². The van der Waals surface area contributed by atoms with Crippen LogP contribution < -0.4 is 5.73 Å². The minimum atomic E-state index is 0.645. The molecule has 0 radical (unpaired) electrons. The Morgan fingerprint density at radius 1 is 1.44 bits per heavy atom. The van der Waals surface area contributed by atoms with Crippen molar-refractivity contribution in [3.8, 4) is 0 Å². The number of aryl methyl sites for hydroxylation is 1. The molecule has 0 aliphatic carbocycles. The van der Waals surface area contributed by atoms with E-state index in [-0.39, 0.29) is 0 Å². The molecule has 0 saturated carbocycles. The minimum absolute atomic E-state index is 0.645. The van der Waals surface area contributed by atoms with Gasteiger partial charge >= 0.3 is 0 Å². The van der Waals surface area contributed by atoms with Crippen LogP contribution in [0.15, 0.2) is 32.9 Å². The van der Waals surface area contributed by atoms with Gasteiger partial charge in [-0.15, -0.1) is 11.8 Å². The van der Waals surface area contributed by atoms with E-state index >= 15 is 0 Å². The number of nitrogens with zero attached hydrogens (tertiary/aromatic N) is 1. The molecule has 0 fully saturated rings. The van der Waals surface area contributed by atoms with Crippen LogP contribution >= 0.6 is 39.0 Å². The molecule has 2 nitrogen and oxygen atoms in total. The summed E-state index contributed by atoms with van der Waals surface area (Å²) in [5.41, 5.74) is 7.98. The summed E-state index contributed by atoms with van der Waals surface area (Å²) in [6.45, 7) is 2.00. The van der Waals surface area contributed by atoms with Crippen molar-refractivity contribution in [1.82, 2.24) is 4.98 Å². The molecule has 1 aromatic carbocycles. The quantitative estimate of drug-likeness (QED) is 0.867. The molecule has 0 amide bonds. The van der Waals surface area contributed by atoms with Crippen LogP contribution in [0.5, 0.6) is 0 Å². The van der Waals surface area contributed by atoms with Crippen molar-refractivity contribution < 1.29 is 0 Å². The Labute approximate surface area is 111 Å². The van der Waals surface area contributed by atoms with Crippen LogP contribution in [0.1, 0.15) is 11.3 Å². The third kappa shape index (κ3) is 2.78. The van der Waals surface area contributed by atoms with Crippen LogP contribution in [0.2, 0.25) is 0 Å². The van der Waals surface area contributed by atoms with Gasteiger partial charge in [-0.3, -0.25) is 0 Å². The van der Waals surface area contributed by atoms with Gasteiger partial charge in [0, 0.05) is 10.2 Å². The highest BCUT2D eigenvalue weighted by Crippen LogP contribution is 2.34. The zero-order chi connectivity index (χ0) is 11.5. The number of halogens is 1. The first-order valence-corrected chi connectivity index (χ1v) is 7.35. The Hall–Kier alpha value is -0.520. The van der Waals surface area contributed by atoms with Crippen LogP contribution in [-0.2, 0) is 5.75 Å². The van der Waals surface area contributed by atoms with Crippen LogP contribution in [0.4, 0.5) is 5.13 Å². The summed E-state index contributed by atoms with van der Waals surface area (Å²) in [6.07, 6.45) is 0. The molecular weight excluding hydrogens is 304 g/mol. The fraction of sp³-hybridized carbons (Fsp3) is 0.182. The Morgan fingerprint density at radius 2 is 2.19 bits per heavy atom. The second-order valence-corrected chi connectivity index (χ2v) is 6.43. The Bertz CT molecular complexity index is 496. The van der Waals surface area contributed by atoms with Gasteiger partial charge in [-0.2, -0.15) is 0 Å². The lowest BCUT2D eigenvalue weighted by molar-refractivity contribution is 1.21. The zero-order valence-corrected chi connectivity index (χ0v) is 12.0. The SMILES string of the molecule is Cc1nc(N)sc1SCc1ccccc1Br. The number of benzene rings is 1. The molecule has 2 rings (SSSR count). The molecular formula is C11H11BrN2S2. The van der Waals surface area contributed by atoms with Crippen molar-refractivity contribution in [2.24, 2.45) is 0 Å². The summed E-state index contributed by atoms with van der Waals surface area (Å²) in [5.74, 6) is 0.934. The molecule has 0 aliphatic heterocycles. The van der Waals surface area contributed by atoms with Gasteiger partial charge in [-0.25, -0.2) is 4.98 Å². The second-order valence-electron chi connectivity index (χ2n) is 3.31. The number of anilines is 1. The smallest absolute Gasteiger partial charge is 0.181 e. The predicted octanol–water partition coefficient (Wildman–Crippen LogP) is 4.09. The summed E-state index contributed by atoms with van der Waals surface area (Å²) in [5, 5.41) is 0.645. The lowest BCUT2D eigenvalue weighted by Crippen LogP contribution is -1.82. The van der Waals surface area contributed by atoms with Gasteiger partial charge < -0.3 is 5.73 Å². The molecule has 84 valence electrons. The first-order chi connectivity index (χ1) is 7.66. The molecule has 0 spiro atoms. The van der Waals surface area contributed by atoms with E-state index in [1.54, 1.807) is 23.1 Å². The predicted molar refractivity (Wildman–Crippen MR) is 75.0 cm³/mol. The van der Waals surface area contributed by atoms with E-state index in [0.29, 0.717) is 5.13 Å². The molecule has 2 aromatic rings. The number of hydrogen-bond acceptors (Lipinski definition) is 4. The summed E-state index contributed by atoms with van der Waals surface area (Å²) in [6, 6.07) is 8.25. The first-order valence-electron chi connectivity index (χ1n) is 4.76. The fourth-order valence-corrected chi connectivity index (χ4v) is 3.93. The average Bonchev–Trinajstić information content (AvgIpc) is 2.56. The van der Waals surface area contributed by atoms with E-state index in [9.17, 15) is 0 Å². The first kappa shape index (κ1) is 12.0. The Balaban J connectivity index is 2.08. The van der Waals surface area contributed by atoms with Crippen molar-refractivity contribution >= 4 is 44.2 Å². The van der Waals surface area contributed by atoms with Gasteiger partial charge in [0.2, 0.25) is 0 Å². The third-order valence-corrected chi connectivity index (χ3v) is 5.26. The lowest BCUT2D eigenvalue weighted by atomic mass is 10.2. The highest BCUT2D eigenvalue weighted by atomic mass is 79.9. The number of thiazole rings is 1. The van der Waals surface area contributed by atoms with Gasteiger partial charge in [0.05, 0.1) is 9.90 Å². The van der Waals surface area contributed by atoms with Crippen LogP contribution in [0, 0.1) is 6.92 Å². The molecule has 0 bridgehead atoms. The largest absolute Gasteiger partial charge is 0.375 e. The Kier molecular flexibility index (Phi) is 3.89. The van der Waals surface area contributed by atoms with Crippen molar-refractivity contribution in [3.63, 3.8) is 0 Å². The summed E-state index contributed by atoms with van der Waals surface area (Å²) in [7, 11) is 0. The van der Waals surface area contributed by atoms with E-state index in [0.717, 1.165) is 15.9 Å². The van der Waals surface area contributed by atoms with Crippen LogP contribution in [0.3, 0.4) is 0 Å². The molecule has 1 aromatic heterocycles. The van der Waals surface area contributed by atoms with E-state index in [4.69, 9.17) is 5.73 Å². The number of aromatic nitrogens is 1. The standard InChI is InChI=1S/C11H11BrN2S2/c1-7-10(16-11(13)14-7)15-6-8-4-2-3-5-9(8)12/h2-5H,6H2,1H3,(H2,13,14). The Morgan fingerprint density at radius 3 is 2.81 bits per heavy atom. The van der Waals surface area contributed by atoms with Crippen molar-refractivity contribution in [3.05, 3.63) is 40.0 Å². The van der Waals surface area contributed by atoms with E-state index in [2.05, 4.69) is 39.1 Å². The van der Waals surface area contributed by atoms with Gasteiger partial charge in [0.1, 0.15) is 0 Å². The van der Waals surface area contributed by atoms with Gasteiger partial charge in [-0.05, 0) is 18.6 Å². The maximum absolute atomic E-state index is 5.66. The molecule has 2 N–H and O–H groups in total. The maximum atomic E-state index is 5.66. The summed E-state index contributed by atoms with van der Waals surface area (Å²) < 4.78 is 2.35. The highest BCUT2D eigenvalue weighted by Gasteiger charge is 2.07. The summed E-state index contributed by atoms with van der Waals surface area (Å²) in [4.78, 5) is 4.21. The van der Waals surface area contributed by atoms with Crippen LogP contribution in [-0.4, -0.2) is 4.98 Å². The molecule has 0 saturated heterocycles. The topological polar surface area (TPSA) is 38.9 Å². The second kappa shape index (κ2) is 5.21. The molecule has 1 heterocycles. The van der Waals surface area contributed by atoms with Crippen molar-refractivity contribution in [2.45, 2.75) is 16.9 Å². The normalized spacial score (nSPS) is 10.6. The summed E-state index contributed by atoms with van der Waals surface area (Å²) >= 11 is 6.88. The number of nitrogen functional groups attached to an aromatic ring is 1. The lowest BCUT2D eigenvalue weighted by Gasteiger charge is -2.02. The molecule has 5 heteroatoms. The molecule has 0 unspecified atom stereocenters. The number of hydrogen-bond donors (Lipinski definition) is 1. The zero-order valence-electron chi connectivity index (χ0n) is 8.74. The average molecular weight is 315 g/mol. The number of thioether (sulfide) groups is 1. The van der Waals surface area contributed by atoms with Crippen molar-refractivity contribution in [2.75, 3.05) is 5.73 Å². The fourth-order valence-electron chi connectivity index (χ4n) is 1.30. The number of nitrogens with two attached hydrogens (primary N) is 1. The molecule has 16 heavy (non-hydrogen) atoms.